The molecule has 2 aliphatic heterocycles. The Bertz CT molecular complexity index is 1230. The van der Waals surface area contributed by atoms with Gasteiger partial charge in [0.05, 0.1) is 17.9 Å². The Morgan fingerprint density at radius 3 is 2.13 bits per heavy atom. The van der Waals surface area contributed by atoms with E-state index in [1.54, 1.807) is 26.8 Å². The molecular formula is C36H53ClN6O3. The van der Waals surface area contributed by atoms with Gasteiger partial charge in [-0.05, 0) is 69.1 Å². The van der Waals surface area contributed by atoms with E-state index in [9.17, 15) is 14.4 Å². The number of piperazine rings is 1. The Balaban J connectivity index is 1.57. The second-order valence-electron chi connectivity index (χ2n) is 12.5. The first-order valence-corrected chi connectivity index (χ1v) is 17.8. The fourth-order valence-corrected chi connectivity index (χ4v) is 6.53. The van der Waals surface area contributed by atoms with Crippen LogP contribution in [0.4, 0.5) is 21.0 Å². The molecule has 2 heterocycles. The fraction of sp³-hybridized carbons (Fsp3) is 0.583. The number of benzene rings is 2. The molecule has 2 aromatic rings. The molecule has 0 aromatic heterocycles. The quantitative estimate of drug-likeness (QED) is 0.223. The third-order valence-electron chi connectivity index (χ3n) is 8.98. The number of anilines is 2. The highest BCUT2D eigenvalue weighted by atomic mass is 35.5. The zero-order valence-corrected chi connectivity index (χ0v) is 28.6. The minimum Gasteiger partial charge on any atom is -0.353 e. The van der Waals surface area contributed by atoms with Gasteiger partial charge in [-0.1, -0.05) is 81.8 Å². The van der Waals surface area contributed by atoms with Crippen LogP contribution in [0.15, 0.2) is 54.6 Å². The number of unbranched alkanes of at least 4 members (excludes halogenated alkanes) is 4. The van der Waals surface area contributed by atoms with Gasteiger partial charge in [0.1, 0.15) is 6.04 Å². The number of carbonyl (C=O) groups is 3. The highest BCUT2D eigenvalue weighted by molar-refractivity contribution is 6.31. The number of piperidine rings is 1. The van der Waals surface area contributed by atoms with Crippen LogP contribution in [-0.4, -0.2) is 103 Å². The van der Waals surface area contributed by atoms with Crippen LogP contribution < -0.4 is 10.2 Å². The molecule has 0 saturated carbocycles. The summed E-state index contributed by atoms with van der Waals surface area (Å²) in [4.78, 5) is 51.8. The summed E-state index contributed by atoms with van der Waals surface area (Å²) < 4.78 is 0. The van der Waals surface area contributed by atoms with Gasteiger partial charge < -0.3 is 24.9 Å². The van der Waals surface area contributed by atoms with Gasteiger partial charge in [0.15, 0.2) is 0 Å². The smallest absolute Gasteiger partial charge is 0.329 e. The van der Waals surface area contributed by atoms with Crippen molar-refractivity contribution in [3.8, 4) is 0 Å². The highest BCUT2D eigenvalue weighted by Gasteiger charge is 2.40. The number of nitrogens with one attached hydrogen (secondary N) is 1. The van der Waals surface area contributed by atoms with Crippen LogP contribution in [0.2, 0.25) is 5.02 Å². The molecule has 0 spiro atoms. The fourth-order valence-electron chi connectivity index (χ4n) is 6.35. The van der Waals surface area contributed by atoms with Crippen molar-refractivity contribution < 1.29 is 14.4 Å². The summed E-state index contributed by atoms with van der Waals surface area (Å²) in [6, 6.07) is 15.4. The second-order valence-corrected chi connectivity index (χ2v) is 12.9. The zero-order valence-electron chi connectivity index (χ0n) is 27.8. The molecule has 1 atom stereocenters. The van der Waals surface area contributed by atoms with Gasteiger partial charge in [-0.2, -0.15) is 0 Å². The van der Waals surface area contributed by atoms with E-state index >= 15 is 0 Å². The van der Waals surface area contributed by atoms with E-state index in [1.807, 2.05) is 47.4 Å². The third-order valence-corrected chi connectivity index (χ3v) is 9.22. The first-order chi connectivity index (χ1) is 22.4. The number of likely N-dealkylation sites (tertiary alicyclic amines) is 1. The lowest BCUT2D eigenvalue weighted by Crippen LogP contribution is -2.64. The van der Waals surface area contributed by atoms with Gasteiger partial charge in [-0.15, -0.1) is 0 Å². The van der Waals surface area contributed by atoms with E-state index in [0.29, 0.717) is 42.6 Å². The average molecular weight is 653 g/mol. The lowest BCUT2D eigenvalue weighted by Gasteiger charge is -2.43. The Labute approximate surface area is 280 Å². The molecule has 46 heavy (non-hydrogen) atoms. The number of hydrogen-bond acceptors (Lipinski definition) is 4. The van der Waals surface area contributed by atoms with Crippen molar-refractivity contribution in [3.05, 3.63) is 59.6 Å². The molecule has 0 radical (unpaired) electrons. The normalized spacial score (nSPS) is 17.1. The van der Waals surface area contributed by atoms with Crippen LogP contribution in [0.25, 0.3) is 0 Å². The van der Waals surface area contributed by atoms with Gasteiger partial charge in [-0.3, -0.25) is 9.69 Å². The number of hydrogen-bond donors (Lipinski definition) is 1. The number of amides is 5. The minimum atomic E-state index is -0.829. The van der Waals surface area contributed by atoms with Crippen molar-refractivity contribution in [1.82, 2.24) is 24.9 Å². The predicted molar refractivity (Wildman–Crippen MR) is 187 cm³/mol. The van der Waals surface area contributed by atoms with E-state index in [4.69, 9.17) is 11.6 Å². The summed E-state index contributed by atoms with van der Waals surface area (Å²) in [5.41, 5.74) is 1.29. The van der Waals surface area contributed by atoms with Gasteiger partial charge in [0, 0.05) is 44.3 Å². The first-order valence-electron chi connectivity index (χ1n) is 17.4. The molecule has 0 aliphatic carbocycles. The number of halogens is 1. The molecule has 252 valence electrons. The zero-order chi connectivity index (χ0) is 32.7. The summed E-state index contributed by atoms with van der Waals surface area (Å²) in [6.45, 7) is 9.86. The van der Waals surface area contributed by atoms with Crippen molar-refractivity contribution in [2.75, 3.05) is 63.8 Å². The lowest BCUT2D eigenvalue weighted by atomic mass is 10.1. The summed E-state index contributed by atoms with van der Waals surface area (Å²) in [5.74, 6) is -0.231. The maximum Gasteiger partial charge on any atom is 0.329 e. The Morgan fingerprint density at radius 1 is 0.804 bits per heavy atom. The topological polar surface area (TPSA) is 79.4 Å². The molecule has 1 N–H and O–H groups in total. The molecular weight excluding hydrogens is 600 g/mol. The molecule has 2 saturated heterocycles. The number of para-hydroxylation sites is 1. The van der Waals surface area contributed by atoms with E-state index in [-0.39, 0.29) is 31.1 Å². The summed E-state index contributed by atoms with van der Waals surface area (Å²) in [5, 5.41) is 3.63. The van der Waals surface area contributed by atoms with Crippen molar-refractivity contribution in [3.63, 3.8) is 0 Å². The van der Waals surface area contributed by atoms with Crippen molar-refractivity contribution >= 4 is 40.9 Å². The molecule has 5 amide bonds. The standard InChI is InChI=1S/C36H53ClN6O3/c1-3-5-11-23-40(24-12-6-4-2)35(45)41-26-27-42(33(29-41)34(44)38-20-25-39-21-13-8-14-22-39)36(46)43(31-17-9-7-10-18-31)32-19-15-16-30(37)28-32/h7,9-10,15-19,28,33H,3-6,8,11-14,20-27,29H2,1-2H3,(H,38,44). The third kappa shape index (κ3) is 10.1. The Hall–Kier alpha value is -3.30. The van der Waals surface area contributed by atoms with Crippen molar-refractivity contribution in [1.29, 1.82) is 0 Å². The summed E-state index contributed by atoms with van der Waals surface area (Å²) in [7, 11) is 0. The molecule has 1 unspecified atom stereocenters. The lowest BCUT2D eigenvalue weighted by molar-refractivity contribution is -0.127. The van der Waals surface area contributed by atoms with E-state index in [0.717, 1.165) is 58.2 Å². The number of urea groups is 2. The van der Waals surface area contributed by atoms with Gasteiger partial charge >= 0.3 is 12.1 Å². The molecule has 9 nitrogen and oxygen atoms in total. The molecule has 2 aliphatic rings. The van der Waals surface area contributed by atoms with Crippen LogP contribution in [0, 0.1) is 0 Å². The predicted octanol–water partition coefficient (Wildman–Crippen LogP) is 6.99. The van der Waals surface area contributed by atoms with Crippen molar-refractivity contribution in [2.45, 2.75) is 77.7 Å². The summed E-state index contributed by atoms with van der Waals surface area (Å²) >= 11 is 6.37. The van der Waals surface area contributed by atoms with Crippen LogP contribution in [0.5, 0.6) is 0 Å². The minimum absolute atomic E-state index is 0.0415. The maximum atomic E-state index is 14.5. The monoisotopic (exact) mass is 652 g/mol. The van der Waals surface area contributed by atoms with Gasteiger partial charge in [0.2, 0.25) is 5.91 Å². The molecule has 2 aromatic carbocycles. The molecule has 4 rings (SSSR count). The molecule has 2 fully saturated rings. The van der Waals surface area contributed by atoms with Crippen molar-refractivity contribution in [2.24, 2.45) is 0 Å². The second kappa shape index (κ2) is 18.7. The highest BCUT2D eigenvalue weighted by Crippen LogP contribution is 2.30. The van der Waals surface area contributed by atoms with E-state index in [1.165, 1.54) is 19.3 Å². The maximum absolute atomic E-state index is 14.5. The summed E-state index contributed by atoms with van der Waals surface area (Å²) in [6.07, 6.45) is 9.84. The van der Waals surface area contributed by atoms with Crippen LogP contribution in [0.3, 0.4) is 0 Å². The van der Waals surface area contributed by atoms with Gasteiger partial charge in [-0.25, -0.2) is 9.59 Å². The largest absolute Gasteiger partial charge is 0.353 e. The SMILES string of the molecule is CCCCCN(CCCCC)C(=O)N1CCN(C(=O)N(c2ccccc2)c2cccc(Cl)c2)C(C(=O)NCCN2CCCCC2)C1. The number of carbonyl (C=O) groups excluding carboxylic acids is 3. The van der Waals surface area contributed by atoms with Gasteiger partial charge in [0.25, 0.3) is 0 Å². The van der Waals surface area contributed by atoms with Crippen LogP contribution in [-0.2, 0) is 4.79 Å². The van der Waals surface area contributed by atoms with Crippen LogP contribution >= 0.6 is 11.6 Å². The Kier molecular flexibility index (Phi) is 14.5. The molecule has 0 bridgehead atoms. The average Bonchev–Trinajstić information content (AvgIpc) is 3.08. The Morgan fingerprint density at radius 2 is 1.48 bits per heavy atom. The first kappa shape index (κ1) is 35.6. The van der Waals surface area contributed by atoms with E-state index in [2.05, 4.69) is 24.1 Å². The number of rotatable bonds is 14. The number of nitrogens with zero attached hydrogens (tertiary/aromatic N) is 5. The molecule has 10 heteroatoms. The van der Waals surface area contributed by atoms with E-state index < -0.39 is 6.04 Å². The van der Waals surface area contributed by atoms with Crippen LogP contribution in [0.1, 0.15) is 71.6 Å².